The first-order chi connectivity index (χ1) is 9.72. The average Bonchev–Trinajstić information content (AvgIpc) is 2.80. The van der Waals surface area contributed by atoms with Gasteiger partial charge in [0.05, 0.1) is 22.4 Å². The highest BCUT2D eigenvalue weighted by atomic mass is 79.9. The maximum absolute atomic E-state index is 4.33. The van der Waals surface area contributed by atoms with E-state index >= 15 is 0 Å². The Bertz CT molecular complexity index is 502. The number of halogens is 1. The zero-order valence-electron chi connectivity index (χ0n) is 12.1. The average molecular weight is 336 g/mol. The minimum atomic E-state index is 0.331. The summed E-state index contributed by atoms with van der Waals surface area (Å²) in [6.07, 6.45) is 5.15. The molecule has 1 heterocycles. The Morgan fingerprint density at radius 2 is 2.05 bits per heavy atom. The summed E-state index contributed by atoms with van der Waals surface area (Å²) in [5, 5.41) is 7.96. The lowest BCUT2D eigenvalue weighted by molar-refractivity contribution is 0.466. The van der Waals surface area contributed by atoms with Crippen molar-refractivity contribution in [2.45, 2.75) is 32.2 Å². The molecule has 0 aliphatic carbocycles. The second-order valence-electron chi connectivity index (χ2n) is 5.03. The van der Waals surface area contributed by atoms with E-state index in [9.17, 15) is 0 Å². The van der Waals surface area contributed by atoms with Crippen LogP contribution in [0.5, 0.6) is 0 Å². The summed E-state index contributed by atoms with van der Waals surface area (Å²) in [6.45, 7) is 3.22. The molecule has 0 bridgehead atoms. The fourth-order valence-corrected chi connectivity index (χ4v) is 3.05. The maximum Gasteiger partial charge on any atom is 0.0692 e. The van der Waals surface area contributed by atoms with Crippen LogP contribution in [0, 0.1) is 0 Å². The highest BCUT2D eigenvalue weighted by Gasteiger charge is 2.18. The smallest absolute Gasteiger partial charge is 0.0692 e. The fraction of sp³-hybridized carbons (Fsp3) is 0.438. The van der Waals surface area contributed by atoms with Crippen LogP contribution in [0.3, 0.4) is 0 Å². The van der Waals surface area contributed by atoms with Crippen LogP contribution in [-0.4, -0.2) is 16.3 Å². The maximum atomic E-state index is 4.33. The van der Waals surface area contributed by atoms with E-state index in [0.717, 1.165) is 30.3 Å². The molecule has 2 rings (SSSR count). The van der Waals surface area contributed by atoms with Crippen molar-refractivity contribution in [3.05, 3.63) is 52.3 Å². The van der Waals surface area contributed by atoms with Gasteiger partial charge in [-0.1, -0.05) is 37.3 Å². The van der Waals surface area contributed by atoms with Gasteiger partial charge in [0.1, 0.15) is 0 Å². The molecular formula is C16H22BrN3. The highest BCUT2D eigenvalue weighted by molar-refractivity contribution is 9.10. The quantitative estimate of drug-likeness (QED) is 0.832. The predicted molar refractivity (Wildman–Crippen MR) is 86.7 cm³/mol. The van der Waals surface area contributed by atoms with Crippen molar-refractivity contribution in [3.8, 4) is 0 Å². The molecule has 0 amide bonds. The molecule has 1 atom stereocenters. The van der Waals surface area contributed by atoms with Crippen LogP contribution in [-0.2, 0) is 13.5 Å². The van der Waals surface area contributed by atoms with Crippen molar-refractivity contribution in [1.82, 2.24) is 15.1 Å². The summed E-state index contributed by atoms with van der Waals surface area (Å²) in [7, 11) is 2.00. The highest BCUT2D eigenvalue weighted by Crippen LogP contribution is 2.26. The topological polar surface area (TPSA) is 29.9 Å². The van der Waals surface area contributed by atoms with Gasteiger partial charge in [0, 0.05) is 7.05 Å². The van der Waals surface area contributed by atoms with Gasteiger partial charge in [-0.3, -0.25) is 4.68 Å². The van der Waals surface area contributed by atoms with E-state index in [-0.39, 0.29) is 0 Å². The molecular weight excluding hydrogens is 314 g/mol. The van der Waals surface area contributed by atoms with E-state index < -0.39 is 0 Å². The number of hydrogen-bond acceptors (Lipinski definition) is 2. The number of benzene rings is 1. The molecule has 0 fully saturated rings. The Balaban J connectivity index is 2.08. The molecule has 1 aromatic carbocycles. The number of hydrogen-bond donors (Lipinski definition) is 1. The molecule has 0 aliphatic heterocycles. The van der Waals surface area contributed by atoms with Gasteiger partial charge >= 0.3 is 0 Å². The minimum absolute atomic E-state index is 0.331. The first-order valence-corrected chi connectivity index (χ1v) is 7.96. The van der Waals surface area contributed by atoms with Crippen LogP contribution < -0.4 is 5.32 Å². The SMILES string of the molecule is CCCNC(CCc1ccccc1)c1c(Br)cnn1C. The van der Waals surface area contributed by atoms with Crippen molar-refractivity contribution >= 4 is 15.9 Å². The summed E-state index contributed by atoms with van der Waals surface area (Å²) in [5.41, 5.74) is 2.61. The normalized spacial score (nSPS) is 12.6. The predicted octanol–water partition coefficient (Wildman–Crippen LogP) is 3.86. The van der Waals surface area contributed by atoms with Crippen LogP contribution in [0.4, 0.5) is 0 Å². The van der Waals surface area contributed by atoms with Crippen molar-refractivity contribution in [1.29, 1.82) is 0 Å². The lowest BCUT2D eigenvalue weighted by Crippen LogP contribution is -2.25. The molecule has 2 aromatic rings. The lowest BCUT2D eigenvalue weighted by atomic mass is 10.0. The second kappa shape index (κ2) is 7.60. The molecule has 20 heavy (non-hydrogen) atoms. The van der Waals surface area contributed by atoms with Gasteiger partial charge < -0.3 is 5.32 Å². The molecule has 0 saturated heterocycles. The third-order valence-electron chi connectivity index (χ3n) is 3.47. The first-order valence-electron chi connectivity index (χ1n) is 7.17. The Morgan fingerprint density at radius 1 is 1.30 bits per heavy atom. The Labute approximate surface area is 129 Å². The molecule has 3 nitrogen and oxygen atoms in total. The molecule has 0 saturated carbocycles. The van der Waals surface area contributed by atoms with E-state index in [0.29, 0.717) is 6.04 Å². The molecule has 0 radical (unpaired) electrons. The number of nitrogens with zero attached hydrogens (tertiary/aromatic N) is 2. The number of aromatic nitrogens is 2. The zero-order chi connectivity index (χ0) is 14.4. The van der Waals surface area contributed by atoms with Gasteiger partial charge in [0.15, 0.2) is 0 Å². The minimum Gasteiger partial charge on any atom is -0.309 e. The van der Waals surface area contributed by atoms with E-state index in [1.54, 1.807) is 0 Å². The summed E-state index contributed by atoms with van der Waals surface area (Å²) in [6, 6.07) is 11.0. The molecule has 1 aromatic heterocycles. The molecule has 1 unspecified atom stereocenters. The number of rotatable bonds is 7. The van der Waals surface area contributed by atoms with Crippen molar-refractivity contribution in [3.63, 3.8) is 0 Å². The Morgan fingerprint density at radius 3 is 2.65 bits per heavy atom. The fourth-order valence-electron chi connectivity index (χ4n) is 2.42. The van der Waals surface area contributed by atoms with Crippen molar-refractivity contribution in [2.24, 2.45) is 7.05 Å². The molecule has 1 N–H and O–H groups in total. The third kappa shape index (κ3) is 3.93. The number of nitrogens with one attached hydrogen (secondary N) is 1. The van der Waals surface area contributed by atoms with E-state index in [1.165, 1.54) is 11.3 Å². The number of aryl methyl sites for hydroxylation is 2. The van der Waals surface area contributed by atoms with E-state index in [1.807, 2.05) is 17.9 Å². The third-order valence-corrected chi connectivity index (χ3v) is 4.08. The summed E-state index contributed by atoms with van der Waals surface area (Å²) in [4.78, 5) is 0. The standard InChI is InChI=1S/C16H22BrN3/c1-3-11-18-15(16-14(17)12-19-20(16)2)10-9-13-7-5-4-6-8-13/h4-8,12,15,18H,3,9-11H2,1-2H3. The molecule has 4 heteroatoms. The summed E-state index contributed by atoms with van der Waals surface area (Å²) < 4.78 is 3.05. The van der Waals surface area contributed by atoms with Gasteiger partial charge in [0.2, 0.25) is 0 Å². The van der Waals surface area contributed by atoms with E-state index in [4.69, 9.17) is 0 Å². The van der Waals surface area contributed by atoms with Crippen LogP contribution in [0.2, 0.25) is 0 Å². The molecule has 108 valence electrons. The molecule has 0 spiro atoms. The largest absolute Gasteiger partial charge is 0.309 e. The van der Waals surface area contributed by atoms with Crippen LogP contribution in [0.1, 0.15) is 37.1 Å². The van der Waals surface area contributed by atoms with Gasteiger partial charge in [-0.25, -0.2) is 0 Å². The van der Waals surface area contributed by atoms with Crippen molar-refractivity contribution < 1.29 is 0 Å². The lowest BCUT2D eigenvalue weighted by Gasteiger charge is -2.19. The summed E-state index contributed by atoms with van der Waals surface area (Å²) in [5.74, 6) is 0. The first kappa shape index (κ1) is 15.3. The van der Waals surface area contributed by atoms with E-state index in [2.05, 4.69) is 63.6 Å². The van der Waals surface area contributed by atoms with Crippen LogP contribution >= 0.6 is 15.9 Å². The summed E-state index contributed by atoms with van der Waals surface area (Å²) >= 11 is 3.61. The Hall–Kier alpha value is -1.13. The molecule has 0 aliphatic rings. The Kier molecular flexibility index (Phi) is 5.80. The van der Waals surface area contributed by atoms with Gasteiger partial charge in [0.25, 0.3) is 0 Å². The zero-order valence-corrected chi connectivity index (χ0v) is 13.7. The monoisotopic (exact) mass is 335 g/mol. The van der Waals surface area contributed by atoms with Gasteiger partial charge in [-0.15, -0.1) is 0 Å². The van der Waals surface area contributed by atoms with Crippen LogP contribution in [0.25, 0.3) is 0 Å². The second-order valence-corrected chi connectivity index (χ2v) is 5.89. The van der Waals surface area contributed by atoms with Crippen molar-refractivity contribution in [2.75, 3.05) is 6.54 Å². The van der Waals surface area contributed by atoms with Gasteiger partial charge in [-0.2, -0.15) is 5.10 Å². The van der Waals surface area contributed by atoms with Gasteiger partial charge in [-0.05, 0) is 47.3 Å². The van der Waals surface area contributed by atoms with Crippen LogP contribution in [0.15, 0.2) is 41.0 Å².